The molecule has 3 heteroatoms. The van der Waals surface area contributed by atoms with Crippen LogP contribution in [0.1, 0.15) is 23.8 Å². The number of aryl methyl sites for hydroxylation is 1. The molecule has 0 N–H and O–H groups in total. The number of furan rings is 3. The van der Waals surface area contributed by atoms with Crippen LogP contribution in [-0.4, -0.2) is 0 Å². The van der Waals surface area contributed by atoms with Crippen LogP contribution in [0.5, 0.6) is 0 Å². The van der Waals surface area contributed by atoms with Crippen molar-refractivity contribution < 1.29 is 13.3 Å². The van der Waals surface area contributed by atoms with Gasteiger partial charge in [0.05, 0.1) is 6.26 Å². The van der Waals surface area contributed by atoms with Gasteiger partial charge < -0.3 is 13.3 Å². The van der Waals surface area contributed by atoms with Gasteiger partial charge in [-0.2, -0.15) is 0 Å². The van der Waals surface area contributed by atoms with Gasteiger partial charge in [-0.1, -0.05) is 85.5 Å². The molecule has 0 radical (unpaired) electrons. The molecular weight excluding hydrogens is 601 g/mol. The van der Waals surface area contributed by atoms with E-state index in [-0.39, 0.29) is 0 Å². The molecular formula is C46H32O3. The zero-order chi connectivity index (χ0) is 33.1. The standard InChI is InChI=1S/C46H32O3/c1-4-8-38-28(3)48-44-18-14-35(24-40(38)44)31-10-7-12-33(22-31)37-16-20-46-42(26-37)41-25-36(15-19-45(41)49-46)32-11-6-9-30(21-32)34-13-17-43-39(23-34)29(5-2)27-47-43/h4-27H,2H2,1,3H3/b8-4-. The minimum absolute atomic E-state index is 0.864. The van der Waals surface area contributed by atoms with E-state index in [1.54, 1.807) is 6.26 Å². The average Bonchev–Trinajstić information content (AvgIpc) is 3.83. The minimum Gasteiger partial charge on any atom is -0.464 e. The van der Waals surface area contributed by atoms with Crippen molar-refractivity contribution in [3.05, 3.63) is 157 Å². The Labute approximate surface area is 284 Å². The van der Waals surface area contributed by atoms with Crippen LogP contribution in [0.4, 0.5) is 0 Å². The van der Waals surface area contributed by atoms with Crippen LogP contribution in [0.3, 0.4) is 0 Å². The van der Waals surface area contributed by atoms with Crippen LogP contribution in [0.2, 0.25) is 0 Å². The molecule has 0 spiro atoms. The summed E-state index contributed by atoms with van der Waals surface area (Å²) in [7, 11) is 0. The summed E-state index contributed by atoms with van der Waals surface area (Å²) in [5.41, 5.74) is 14.9. The van der Waals surface area contributed by atoms with Gasteiger partial charge in [0.15, 0.2) is 0 Å². The summed E-state index contributed by atoms with van der Waals surface area (Å²) < 4.78 is 18.0. The van der Waals surface area contributed by atoms with Crippen LogP contribution >= 0.6 is 0 Å². The van der Waals surface area contributed by atoms with Gasteiger partial charge >= 0.3 is 0 Å². The molecule has 0 atom stereocenters. The van der Waals surface area contributed by atoms with Gasteiger partial charge in [0.2, 0.25) is 0 Å². The van der Waals surface area contributed by atoms with Crippen molar-refractivity contribution in [1.82, 2.24) is 0 Å². The largest absolute Gasteiger partial charge is 0.464 e. The fourth-order valence-electron chi connectivity index (χ4n) is 7.07. The lowest BCUT2D eigenvalue weighted by molar-refractivity contribution is 0.577. The summed E-state index contributed by atoms with van der Waals surface area (Å²) in [6.07, 6.45) is 7.77. The summed E-state index contributed by atoms with van der Waals surface area (Å²) in [5, 5.41) is 4.40. The maximum absolute atomic E-state index is 6.32. The number of hydrogen-bond acceptors (Lipinski definition) is 3. The van der Waals surface area contributed by atoms with Crippen molar-refractivity contribution in [1.29, 1.82) is 0 Å². The number of benzene rings is 6. The van der Waals surface area contributed by atoms with Gasteiger partial charge in [0.1, 0.15) is 28.1 Å². The molecule has 6 aromatic carbocycles. The third-order valence-corrected chi connectivity index (χ3v) is 9.60. The van der Waals surface area contributed by atoms with Crippen molar-refractivity contribution >= 4 is 56.0 Å². The van der Waals surface area contributed by atoms with E-state index in [1.165, 1.54) is 0 Å². The number of fused-ring (bicyclic) bond motifs is 5. The first-order valence-electron chi connectivity index (χ1n) is 16.5. The van der Waals surface area contributed by atoms with E-state index in [0.29, 0.717) is 0 Å². The normalized spacial score (nSPS) is 11.9. The van der Waals surface area contributed by atoms with Gasteiger partial charge in [-0.3, -0.25) is 0 Å². The summed E-state index contributed by atoms with van der Waals surface area (Å²) in [5.74, 6) is 0.935. The maximum Gasteiger partial charge on any atom is 0.135 e. The molecule has 0 aliphatic carbocycles. The van der Waals surface area contributed by atoms with Gasteiger partial charge in [0.25, 0.3) is 0 Å². The molecule has 0 fully saturated rings. The van der Waals surface area contributed by atoms with Crippen molar-refractivity contribution in [2.24, 2.45) is 0 Å². The fraction of sp³-hybridized carbons (Fsp3) is 0.0435. The molecule has 0 aliphatic rings. The third kappa shape index (κ3) is 4.90. The molecule has 3 heterocycles. The Morgan fingerprint density at radius 2 is 0.939 bits per heavy atom. The van der Waals surface area contributed by atoms with Crippen LogP contribution in [-0.2, 0) is 0 Å². The van der Waals surface area contributed by atoms with Crippen LogP contribution in [0.15, 0.2) is 153 Å². The molecule has 0 aliphatic heterocycles. The highest BCUT2D eigenvalue weighted by atomic mass is 16.3. The fourth-order valence-corrected chi connectivity index (χ4v) is 7.07. The van der Waals surface area contributed by atoms with Gasteiger partial charge in [-0.25, -0.2) is 0 Å². The minimum atomic E-state index is 0.864. The SMILES string of the molecule is C=Cc1coc2ccc(-c3cccc(-c4ccc5oc6ccc(-c7cccc(-c8ccc9oc(C)c(/C=C\C)c9c8)c7)cc6c5c4)c3)cc12. The van der Waals surface area contributed by atoms with E-state index >= 15 is 0 Å². The summed E-state index contributed by atoms with van der Waals surface area (Å²) in [6.45, 7) is 7.99. The first kappa shape index (κ1) is 28.9. The summed E-state index contributed by atoms with van der Waals surface area (Å²) in [4.78, 5) is 0. The second-order valence-electron chi connectivity index (χ2n) is 12.6. The van der Waals surface area contributed by atoms with Gasteiger partial charge in [-0.05, 0) is 119 Å². The number of hydrogen-bond donors (Lipinski definition) is 0. The maximum atomic E-state index is 6.32. The molecule has 0 saturated carbocycles. The number of rotatable bonds is 6. The first-order valence-corrected chi connectivity index (χ1v) is 16.5. The van der Waals surface area contributed by atoms with Gasteiger partial charge in [0, 0.05) is 32.7 Å². The molecule has 3 nitrogen and oxygen atoms in total. The van der Waals surface area contributed by atoms with Crippen molar-refractivity contribution in [3.8, 4) is 44.5 Å². The highest BCUT2D eigenvalue weighted by molar-refractivity contribution is 6.08. The van der Waals surface area contributed by atoms with E-state index in [4.69, 9.17) is 13.3 Å². The van der Waals surface area contributed by atoms with Crippen LogP contribution in [0, 0.1) is 6.92 Å². The molecule has 0 unspecified atom stereocenters. The Morgan fingerprint density at radius 3 is 1.45 bits per heavy atom. The number of allylic oxidation sites excluding steroid dienone is 1. The van der Waals surface area contributed by atoms with E-state index in [9.17, 15) is 0 Å². The molecule has 9 aromatic rings. The molecule has 0 saturated heterocycles. The average molecular weight is 633 g/mol. The quantitative estimate of drug-likeness (QED) is 0.183. The lowest BCUT2D eigenvalue weighted by Gasteiger charge is -2.08. The van der Waals surface area contributed by atoms with Gasteiger partial charge in [-0.15, -0.1) is 0 Å². The zero-order valence-electron chi connectivity index (χ0n) is 27.3. The molecule has 0 bridgehead atoms. The van der Waals surface area contributed by atoms with Crippen LogP contribution < -0.4 is 0 Å². The van der Waals surface area contributed by atoms with Crippen molar-refractivity contribution in [2.75, 3.05) is 0 Å². The molecule has 234 valence electrons. The molecule has 49 heavy (non-hydrogen) atoms. The Bertz CT molecular complexity index is 2760. The lowest BCUT2D eigenvalue weighted by Crippen LogP contribution is -1.83. The predicted octanol–water partition coefficient (Wildman–Crippen LogP) is 13.7. The van der Waals surface area contributed by atoms with Crippen LogP contribution in [0.25, 0.3) is 101 Å². The second-order valence-corrected chi connectivity index (χ2v) is 12.6. The van der Waals surface area contributed by atoms with E-state index in [0.717, 1.165) is 105 Å². The second kappa shape index (κ2) is 11.4. The highest BCUT2D eigenvalue weighted by Gasteiger charge is 2.14. The predicted molar refractivity (Wildman–Crippen MR) is 205 cm³/mol. The molecule has 0 amide bonds. The lowest BCUT2D eigenvalue weighted by atomic mass is 9.95. The van der Waals surface area contributed by atoms with E-state index in [2.05, 4.69) is 134 Å². The monoisotopic (exact) mass is 632 g/mol. The van der Waals surface area contributed by atoms with E-state index in [1.807, 2.05) is 26.0 Å². The Balaban J connectivity index is 1.09. The van der Waals surface area contributed by atoms with Crippen molar-refractivity contribution in [2.45, 2.75) is 13.8 Å². The Kier molecular flexibility index (Phi) is 6.73. The smallest absolute Gasteiger partial charge is 0.135 e. The summed E-state index contributed by atoms with van der Waals surface area (Å²) in [6, 6.07) is 43.2. The molecule has 3 aromatic heterocycles. The Hall–Kier alpha value is -6.32. The molecule has 9 rings (SSSR count). The topological polar surface area (TPSA) is 39.4 Å². The first-order chi connectivity index (χ1) is 24.1. The summed E-state index contributed by atoms with van der Waals surface area (Å²) >= 11 is 0. The highest BCUT2D eigenvalue weighted by Crippen LogP contribution is 2.38. The Morgan fingerprint density at radius 1 is 0.490 bits per heavy atom. The zero-order valence-corrected chi connectivity index (χ0v) is 27.3. The third-order valence-electron chi connectivity index (χ3n) is 9.60. The van der Waals surface area contributed by atoms with E-state index < -0.39 is 0 Å². The van der Waals surface area contributed by atoms with Crippen molar-refractivity contribution in [3.63, 3.8) is 0 Å².